The van der Waals surface area contributed by atoms with Gasteiger partial charge in [-0.25, -0.2) is 0 Å². The summed E-state index contributed by atoms with van der Waals surface area (Å²) in [6.45, 7) is 4.89. The number of hydrogen-bond acceptors (Lipinski definition) is 4. The summed E-state index contributed by atoms with van der Waals surface area (Å²) in [6, 6.07) is 13.8. The van der Waals surface area contributed by atoms with Crippen LogP contribution in [0.4, 0.5) is 0 Å². The maximum Gasteiger partial charge on any atom is 0.164 e. The average molecular weight is 380 g/mol. The van der Waals surface area contributed by atoms with Gasteiger partial charge in [0.25, 0.3) is 0 Å². The molecule has 0 saturated carbocycles. The molecular weight excluding hydrogens is 350 g/mol. The molecule has 0 bridgehead atoms. The van der Waals surface area contributed by atoms with Crippen LogP contribution in [-0.4, -0.2) is 14.2 Å². The number of hydrogen-bond donors (Lipinski definition) is 1. The van der Waals surface area contributed by atoms with Gasteiger partial charge in [-0.3, -0.25) is 0 Å². The van der Waals surface area contributed by atoms with E-state index in [1.54, 1.807) is 14.2 Å². The van der Waals surface area contributed by atoms with E-state index < -0.39 is 0 Å². The predicted molar refractivity (Wildman–Crippen MR) is 109 cm³/mol. The summed E-state index contributed by atoms with van der Waals surface area (Å²) >= 11 is 0. The lowest BCUT2D eigenvalue weighted by Gasteiger charge is -2.20. The van der Waals surface area contributed by atoms with Gasteiger partial charge in [0, 0.05) is 17.7 Å². The van der Waals surface area contributed by atoms with E-state index >= 15 is 0 Å². The Hall–Kier alpha value is -1.91. The van der Waals surface area contributed by atoms with Crippen molar-refractivity contribution in [3.8, 4) is 17.2 Å². The Balaban J connectivity index is 0.00000338. The van der Waals surface area contributed by atoms with E-state index in [-0.39, 0.29) is 18.4 Å². The molecule has 0 fully saturated rings. The number of halogens is 1. The number of methoxy groups -OCH3 is 2. The molecule has 0 amide bonds. The van der Waals surface area contributed by atoms with E-state index in [0.29, 0.717) is 24.0 Å². The van der Waals surface area contributed by atoms with Crippen LogP contribution in [0.3, 0.4) is 0 Å². The van der Waals surface area contributed by atoms with Crippen molar-refractivity contribution in [3.05, 3.63) is 53.6 Å². The molecule has 26 heavy (non-hydrogen) atoms. The van der Waals surface area contributed by atoms with Crippen LogP contribution in [0.15, 0.2) is 42.5 Å². The molecule has 0 aliphatic heterocycles. The number of rotatable bonds is 9. The van der Waals surface area contributed by atoms with Gasteiger partial charge in [-0.1, -0.05) is 44.2 Å². The van der Waals surface area contributed by atoms with Crippen LogP contribution in [0.2, 0.25) is 0 Å². The van der Waals surface area contributed by atoms with Gasteiger partial charge in [-0.2, -0.15) is 0 Å². The van der Waals surface area contributed by atoms with Gasteiger partial charge in [-0.05, 0) is 30.4 Å². The van der Waals surface area contributed by atoms with Gasteiger partial charge < -0.3 is 19.9 Å². The fourth-order valence-corrected chi connectivity index (χ4v) is 2.69. The molecule has 0 saturated heterocycles. The highest BCUT2D eigenvalue weighted by molar-refractivity contribution is 5.85. The number of ether oxygens (including phenoxy) is 3. The maximum absolute atomic E-state index is 6.45. The van der Waals surface area contributed by atoms with E-state index in [0.717, 1.165) is 29.7 Å². The molecule has 0 unspecified atom stereocenters. The van der Waals surface area contributed by atoms with Crippen LogP contribution < -0.4 is 19.9 Å². The van der Waals surface area contributed by atoms with Crippen molar-refractivity contribution in [3.63, 3.8) is 0 Å². The van der Waals surface area contributed by atoms with Crippen molar-refractivity contribution >= 4 is 12.4 Å². The number of nitrogens with two attached hydrogens (primary N) is 1. The first-order chi connectivity index (χ1) is 12.0. The van der Waals surface area contributed by atoms with Gasteiger partial charge in [-0.15, -0.1) is 12.4 Å². The smallest absolute Gasteiger partial charge is 0.164 e. The van der Waals surface area contributed by atoms with E-state index in [2.05, 4.69) is 13.8 Å². The SMILES string of the molecule is COc1cc(OCc2ccccc2)c([C@H](N)CCC(C)C)cc1OC.Cl. The fourth-order valence-electron chi connectivity index (χ4n) is 2.69. The molecule has 5 heteroatoms. The molecule has 144 valence electrons. The Kier molecular flexibility index (Phi) is 9.31. The Morgan fingerprint density at radius 3 is 2.08 bits per heavy atom. The van der Waals surface area contributed by atoms with E-state index in [1.165, 1.54) is 0 Å². The molecule has 1 atom stereocenters. The first kappa shape index (κ1) is 22.1. The topological polar surface area (TPSA) is 53.7 Å². The van der Waals surface area contributed by atoms with Gasteiger partial charge >= 0.3 is 0 Å². The predicted octanol–water partition coefficient (Wildman–Crippen LogP) is 5.14. The van der Waals surface area contributed by atoms with Crippen molar-refractivity contribution in [1.82, 2.24) is 0 Å². The standard InChI is InChI=1S/C21H29NO3.ClH/c1-15(2)10-11-18(22)17-12-20(23-3)21(24-4)13-19(17)25-14-16-8-6-5-7-9-16;/h5-9,12-13,15,18H,10-11,14,22H2,1-4H3;1H/t18-;/m1./s1. The van der Waals surface area contributed by atoms with E-state index in [1.807, 2.05) is 42.5 Å². The summed E-state index contributed by atoms with van der Waals surface area (Å²) in [6.07, 6.45) is 1.96. The highest BCUT2D eigenvalue weighted by Crippen LogP contribution is 2.38. The average Bonchev–Trinajstić information content (AvgIpc) is 2.64. The Bertz CT molecular complexity index is 662. The molecule has 4 nitrogen and oxygen atoms in total. The van der Waals surface area contributed by atoms with Crippen molar-refractivity contribution < 1.29 is 14.2 Å². The van der Waals surface area contributed by atoms with Crippen LogP contribution in [0, 0.1) is 5.92 Å². The number of benzene rings is 2. The summed E-state index contributed by atoms with van der Waals surface area (Å²) in [4.78, 5) is 0. The Labute approximate surface area is 163 Å². The first-order valence-corrected chi connectivity index (χ1v) is 8.73. The molecule has 2 aromatic carbocycles. The fraction of sp³-hybridized carbons (Fsp3) is 0.429. The van der Waals surface area contributed by atoms with Crippen LogP contribution in [-0.2, 0) is 6.61 Å². The zero-order valence-corrected chi connectivity index (χ0v) is 16.8. The minimum Gasteiger partial charge on any atom is -0.493 e. The maximum atomic E-state index is 6.45. The highest BCUT2D eigenvalue weighted by Gasteiger charge is 2.18. The normalized spacial score (nSPS) is 11.6. The van der Waals surface area contributed by atoms with Crippen molar-refractivity contribution in [2.24, 2.45) is 11.7 Å². The quantitative estimate of drug-likeness (QED) is 0.655. The summed E-state index contributed by atoms with van der Waals surface area (Å²) in [5.74, 6) is 2.67. The molecule has 2 aromatic rings. The van der Waals surface area contributed by atoms with Crippen LogP contribution >= 0.6 is 12.4 Å². The molecule has 2 N–H and O–H groups in total. The Morgan fingerprint density at radius 2 is 1.50 bits per heavy atom. The zero-order valence-electron chi connectivity index (χ0n) is 16.0. The van der Waals surface area contributed by atoms with Crippen molar-refractivity contribution in [1.29, 1.82) is 0 Å². The third-order valence-electron chi connectivity index (χ3n) is 4.21. The third kappa shape index (κ3) is 6.11. The van der Waals surface area contributed by atoms with Gasteiger partial charge in [0.2, 0.25) is 0 Å². The molecule has 0 spiro atoms. The van der Waals surface area contributed by atoms with Gasteiger partial charge in [0.15, 0.2) is 11.5 Å². The van der Waals surface area contributed by atoms with Crippen molar-refractivity contribution in [2.45, 2.75) is 39.3 Å². The molecule has 2 rings (SSSR count). The minimum atomic E-state index is -0.104. The summed E-state index contributed by atoms with van der Waals surface area (Å²) in [5, 5.41) is 0. The van der Waals surface area contributed by atoms with Crippen LogP contribution in [0.25, 0.3) is 0 Å². The Morgan fingerprint density at radius 1 is 0.885 bits per heavy atom. The molecule has 0 radical (unpaired) electrons. The first-order valence-electron chi connectivity index (χ1n) is 8.73. The minimum absolute atomic E-state index is 0. The lowest BCUT2D eigenvalue weighted by molar-refractivity contribution is 0.293. The molecule has 0 heterocycles. The van der Waals surface area contributed by atoms with Crippen LogP contribution in [0.1, 0.15) is 43.9 Å². The summed E-state index contributed by atoms with van der Waals surface area (Å²) in [5.41, 5.74) is 8.51. The monoisotopic (exact) mass is 379 g/mol. The molecular formula is C21H30ClNO3. The highest BCUT2D eigenvalue weighted by atomic mass is 35.5. The van der Waals surface area contributed by atoms with Gasteiger partial charge in [0.1, 0.15) is 12.4 Å². The summed E-state index contributed by atoms with van der Waals surface area (Å²) < 4.78 is 16.9. The zero-order chi connectivity index (χ0) is 18.2. The second-order valence-corrected chi connectivity index (χ2v) is 6.60. The lowest BCUT2D eigenvalue weighted by atomic mass is 9.97. The second-order valence-electron chi connectivity index (χ2n) is 6.60. The van der Waals surface area contributed by atoms with Crippen molar-refractivity contribution in [2.75, 3.05) is 14.2 Å². The van der Waals surface area contributed by atoms with E-state index in [4.69, 9.17) is 19.9 Å². The molecule has 0 aromatic heterocycles. The van der Waals surface area contributed by atoms with Gasteiger partial charge in [0.05, 0.1) is 14.2 Å². The van der Waals surface area contributed by atoms with Crippen LogP contribution in [0.5, 0.6) is 17.2 Å². The lowest BCUT2D eigenvalue weighted by Crippen LogP contribution is -2.13. The largest absolute Gasteiger partial charge is 0.493 e. The molecule has 0 aliphatic rings. The molecule has 0 aliphatic carbocycles. The van der Waals surface area contributed by atoms with E-state index in [9.17, 15) is 0 Å². The second kappa shape index (κ2) is 10.9. The summed E-state index contributed by atoms with van der Waals surface area (Å²) in [7, 11) is 3.25. The third-order valence-corrected chi connectivity index (χ3v) is 4.21.